The summed E-state index contributed by atoms with van der Waals surface area (Å²) in [4.78, 5) is 10.9. The van der Waals surface area contributed by atoms with Crippen LogP contribution in [0.25, 0.3) is 0 Å². The maximum Gasteiger partial charge on any atom is 0.306 e. The number of carbonyl (C=O) groups is 1. The zero-order valence-electron chi connectivity index (χ0n) is 15.2. The first-order valence-electron chi connectivity index (χ1n) is 8.85. The number of hydrogen-bond donors (Lipinski definition) is 1. The van der Waals surface area contributed by atoms with Crippen molar-refractivity contribution in [2.75, 3.05) is 20.3 Å². The lowest BCUT2D eigenvalue weighted by Crippen LogP contribution is -2.21. The summed E-state index contributed by atoms with van der Waals surface area (Å²) in [5, 5.41) is 8.92. The molecule has 5 nitrogen and oxygen atoms in total. The first-order valence-corrected chi connectivity index (χ1v) is 8.85. The fourth-order valence-electron chi connectivity index (χ4n) is 2.81. The molecule has 0 saturated heterocycles. The molecule has 0 spiro atoms. The Bertz CT molecular complexity index is 770. The van der Waals surface area contributed by atoms with E-state index in [1.54, 1.807) is 12.1 Å². The zero-order valence-corrected chi connectivity index (χ0v) is 15.2. The standard InChI is InChI=1S/C21H23FO5/c1-25-19(12-20(23)24)15-5-7-17(8-6-15)26-13-21(9-10-21)14-27-18-4-2-3-16(22)11-18/h2-8,11,19H,9-10,12-14H2,1H3,(H,23,24). The normalized spacial score (nSPS) is 15.8. The maximum absolute atomic E-state index is 13.2. The Labute approximate surface area is 157 Å². The maximum atomic E-state index is 13.2. The minimum absolute atomic E-state index is 0.0383. The van der Waals surface area contributed by atoms with E-state index in [1.807, 2.05) is 24.3 Å². The molecule has 1 N–H and O–H groups in total. The molecular weight excluding hydrogens is 351 g/mol. The van der Waals surface area contributed by atoms with E-state index in [0.29, 0.717) is 24.7 Å². The van der Waals surface area contributed by atoms with Gasteiger partial charge in [-0.05, 0) is 42.7 Å². The van der Waals surface area contributed by atoms with Crippen LogP contribution in [0.2, 0.25) is 0 Å². The van der Waals surface area contributed by atoms with Gasteiger partial charge in [0.2, 0.25) is 0 Å². The molecule has 0 radical (unpaired) electrons. The molecule has 27 heavy (non-hydrogen) atoms. The molecule has 1 saturated carbocycles. The summed E-state index contributed by atoms with van der Waals surface area (Å²) in [7, 11) is 1.49. The van der Waals surface area contributed by atoms with Crippen molar-refractivity contribution in [1.29, 1.82) is 0 Å². The number of aliphatic carboxylic acids is 1. The van der Waals surface area contributed by atoms with Crippen LogP contribution in [0.15, 0.2) is 48.5 Å². The number of hydrogen-bond acceptors (Lipinski definition) is 4. The second-order valence-corrected chi connectivity index (χ2v) is 6.93. The number of carboxylic acids is 1. The third-order valence-electron chi connectivity index (χ3n) is 4.74. The van der Waals surface area contributed by atoms with Crippen LogP contribution < -0.4 is 9.47 Å². The van der Waals surface area contributed by atoms with Gasteiger partial charge in [0, 0.05) is 18.6 Å². The largest absolute Gasteiger partial charge is 0.493 e. The van der Waals surface area contributed by atoms with Crippen LogP contribution in [0.1, 0.15) is 30.9 Å². The van der Waals surface area contributed by atoms with Crippen LogP contribution in [-0.4, -0.2) is 31.4 Å². The fourth-order valence-corrected chi connectivity index (χ4v) is 2.81. The van der Waals surface area contributed by atoms with Crippen molar-refractivity contribution >= 4 is 5.97 Å². The van der Waals surface area contributed by atoms with Gasteiger partial charge in [0.15, 0.2) is 0 Å². The molecule has 6 heteroatoms. The van der Waals surface area contributed by atoms with Gasteiger partial charge in [-0.2, -0.15) is 0 Å². The highest BCUT2D eigenvalue weighted by Gasteiger charge is 2.44. The van der Waals surface area contributed by atoms with E-state index in [9.17, 15) is 9.18 Å². The highest BCUT2D eigenvalue weighted by atomic mass is 19.1. The van der Waals surface area contributed by atoms with Gasteiger partial charge in [-0.25, -0.2) is 4.39 Å². The molecule has 0 aromatic heterocycles. The van der Waals surface area contributed by atoms with Gasteiger partial charge in [-0.1, -0.05) is 18.2 Å². The molecule has 1 atom stereocenters. The first-order chi connectivity index (χ1) is 13.0. The molecule has 0 bridgehead atoms. The predicted molar refractivity (Wildman–Crippen MR) is 97.5 cm³/mol. The summed E-state index contributed by atoms with van der Waals surface area (Å²) in [6.07, 6.45) is 1.44. The lowest BCUT2D eigenvalue weighted by molar-refractivity contribution is -0.139. The predicted octanol–water partition coefficient (Wildman–Crippen LogP) is 4.23. The van der Waals surface area contributed by atoms with Crippen molar-refractivity contribution in [3.8, 4) is 11.5 Å². The summed E-state index contributed by atoms with van der Waals surface area (Å²) >= 11 is 0. The van der Waals surface area contributed by atoms with Gasteiger partial charge in [0.05, 0.1) is 25.7 Å². The van der Waals surface area contributed by atoms with E-state index >= 15 is 0 Å². The van der Waals surface area contributed by atoms with Crippen LogP contribution in [0.5, 0.6) is 11.5 Å². The van der Waals surface area contributed by atoms with E-state index in [4.69, 9.17) is 19.3 Å². The Morgan fingerprint density at radius 1 is 1.11 bits per heavy atom. The number of rotatable bonds is 10. The van der Waals surface area contributed by atoms with Crippen LogP contribution in [-0.2, 0) is 9.53 Å². The number of methoxy groups -OCH3 is 1. The van der Waals surface area contributed by atoms with Gasteiger partial charge >= 0.3 is 5.97 Å². The van der Waals surface area contributed by atoms with E-state index in [-0.39, 0.29) is 17.7 Å². The van der Waals surface area contributed by atoms with Gasteiger partial charge < -0.3 is 19.3 Å². The Balaban J connectivity index is 1.51. The van der Waals surface area contributed by atoms with Crippen LogP contribution in [0.4, 0.5) is 4.39 Å². The molecular formula is C21H23FO5. The third kappa shape index (κ3) is 5.44. The second-order valence-electron chi connectivity index (χ2n) is 6.93. The van der Waals surface area contributed by atoms with Crippen LogP contribution in [0.3, 0.4) is 0 Å². The first kappa shape index (κ1) is 19.2. The average molecular weight is 374 g/mol. The zero-order chi connectivity index (χ0) is 19.3. The summed E-state index contributed by atoms with van der Waals surface area (Å²) < 4.78 is 30.0. The minimum Gasteiger partial charge on any atom is -0.493 e. The highest BCUT2D eigenvalue weighted by Crippen LogP contribution is 2.46. The molecule has 144 valence electrons. The third-order valence-corrected chi connectivity index (χ3v) is 4.74. The van der Waals surface area contributed by atoms with Gasteiger partial charge in [0.1, 0.15) is 17.3 Å². The minimum atomic E-state index is -0.906. The molecule has 1 unspecified atom stereocenters. The number of benzene rings is 2. The van der Waals surface area contributed by atoms with Crippen LogP contribution >= 0.6 is 0 Å². The van der Waals surface area contributed by atoms with Crippen molar-refractivity contribution in [1.82, 2.24) is 0 Å². The van der Waals surface area contributed by atoms with Crippen molar-refractivity contribution in [2.24, 2.45) is 5.41 Å². The molecule has 2 aromatic carbocycles. The summed E-state index contributed by atoms with van der Waals surface area (Å²) in [5.41, 5.74) is 0.756. The molecule has 0 amide bonds. The quantitative estimate of drug-likeness (QED) is 0.674. The SMILES string of the molecule is COC(CC(=O)O)c1ccc(OCC2(COc3cccc(F)c3)CC2)cc1. The lowest BCUT2D eigenvalue weighted by Gasteiger charge is -2.18. The van der Waals surface area contributed by atoms with E-state index in [0.717, 1.165) is 18.4 Å². The van der Waals surface area contributed by atoms with Gasteiger partial charge in [-0.15, -0.1) is 0 Å². The molecule has 0 aliphatic heterocycles. The molecule has 2 aromatic rings. The van der Waals surface area contributed by atoms with E-state index in [2.05, 4.69) is 0 Å². The molecule has 3 rings (SSSR count). The lowest BCUT2D eigenvalue weighted by atomic mass is 10.1. The van der Waals surface area contributed by atoms with E-state index in [1.165, 1.54) is 19.2 Å². The Morgan fingerprint density at radius 2 is 1.78 bits per heavy atom. The average Bonchev–Trinajstić information content (AvgIpc) is 3.44. The summed E-state index contributed by atoms with van der Waals surface area (Å²) in [6, 6.07) is 13.4. The van der Waals surface area contributed by atoms with Crippen molar-refractivity contribution < 1.29 is 28.5 Å². The summed E-state index contributed by atoms with van der Waals surface area (Å²) in [6.45, 7) is 1.00. The topological polar surface area (TPSA) is 65.0 Å². The van der Waals surface area contributed by atoms with Gasteiger partial charge in [0.25, 0.3) is 0 Å². The van der Waals surface area contributed by atoms with Crippen molar-refractivity contribution in [2.45, 2.75) is 25.4 Å². The second kappa shape index (κ2) is 8.39. The van der Waals surface area contributed by atoms with Crippen LogP contribution in [0, 0.1) is 11.2 Å². The van der Waals surface area contributed by atoms with Crippen molar-refractivity contribution in [3.05, 3.63) is 59.9 Å². The van der Waals surface area contributed by atoms with Gasteiger partial charge in [-0.3, -0.25) is 4.79 Å². The Hall–Kier alpha value is -2.60. The smallest absolute Gasteiger partial charge is 0.306 e. The molecule has 1 fully saturated rings. The molecule has 1 aliphatic carbocycles. The van der Waals surface area contributed by atoms with Crippen molar-refractivity contribution in [3.63, 3.8) is 0 Å². The number of ether oxygens (including phenoxy) is 3. The van der Waals surface area contributed by atoms with E-state index < -0.39 is 12.1 Å². The molecule has 0 heterocycles. The monoisotopic (exact) mass is 374 g/mol. The molecule has 1 aliphatic rings. The highest BCUT2D eigenvalue weighted by molar-refractivity contribution is 5.67. The number of carboxylic acid groups (broad SMARTS) is 1. The number of halogens is 1. The summed E-state index contributed by atoms with van der Waals surface area (Å²) in [5.74, 6) is 0.0118. The Kier molecular flexibility index (Phi) is 5.96. The fraction of sp³-hybridized carbons (Fsp3) is 0.381. The Morgan fingerprint density at radius 3 is 2.33 bits per heavy atom.